The molecule has 10 aromatic rings. The minimum Gasteiger partial charge on any atom is -0.310 e. The van der Waals surface area contributed by atoms with Crippen LogP contribution in [0.25, 0.3) is 11.1 Å². The second kappa shape index (κ2) is 19.1. The lowest BCUT2D eigenvalue weighted by Crippen LogP contribution is -2.38. The topological polar surface area (TPSA) is 6.48 Å². The van der Waals surface area contributed by atoms with E-state index in [-0.39, 0.29) is 5.41 Å². The van der Waals surface area contributed by atoms with Crippen LogP contribution in [0.5, 0.6) is 0 Å². The third kappa shape index (κ3) is 7.50. The van der Waals surface area contributed by atoms with E-state index in [1.807, 2.05) is 0 Å². The maximum absolute atomic E-state index is 2.64. The van der Waals surface area contributed by atoms with Crippen LogP contribution in [-0.4, -0.2) is 0 Å². The molecule has 0 atom stereocenters. The molecule has 0 fully saturated rings. The summed E-state index contributed by atoms with van der Waals surface area (Å²) in [6.45, 7) is 14.0. The second-order valence-corrected chi connectivity index (χ2v) is 22.7. The molecule has 0 radical (unpaired) electrons. The summed E-state index contributed by atoms with van der Waals surface area (Å²) >= 11 is 0. The molecule has 2 nitrogen and oxygen atoms in total. The Balaban J connectivity index is 1.15. The first kappa shape index (κ1) is 48.4. The molecule has 0 saturated carbocycles. The third-order valence-corrected chi connectivity index (χ3v) is 17.6. The van der Waals surface area contributed by atoms with Gasteiger partial charge in [0.25, 0.3) is 0 Å². The summed E-state index contributed by atoms with van der Waals surface area (Å²) in [5.74, 6) is 0. The Morgan fingerprint density at radius 2 is 0.649 bits per heavy atom. The Labute approximate surface area is 457 Å². The fourth-order valence-corrected chi connectivity index (χ4v) is 13.9. The molecule has 1 aliphatic carbocycles. The highest BCUT2D eigenvalue weighted by atomic mass is 15.2. The average Bonchev–Trinajstić information content (AvgIpc) is 3.96. The highest BCUT2D eigenvalue weighted by Crippen LogP contribution is 2.64. The van der Waals surface area contributed by atoms with Gasteiger partial charge in [0.1, 0.15) is 0 Å². The summed E-state index contributed by atoms with van der Waals surface area (Å²) in [5.41, 5.74) is 26.2. The summed E-state index contributed by atoms with van der Waals surface area (Å²) in [6.07, 6.45) is 6.89. The van der Waals surface area contributed by atoms with Crippen LogP contribution < -0.4 is 9.80 Å². The Morgan fingerprint density at radius 1 is 0.325 bits per heavy atom. The first-order valence-electron chi connectivity index (χ1n) is 28.3. The lowest BCUT2D eigenvalue weighted by Gasteiger charge is -2.47. The van der Waals surface area contributed by atoms with Crippen molar-refractivity contribution in [2.75, 3.05) is 9.80 Å². The minimum atomic E-state index is -0.651. The second-order valence-electron chi connectivity index (χ2n) is 22.7. The zero-order chi connectivity index (χ0) is 52.5. The van der Waals surface area contributed by atoms with E-state index in [1.54, 1.807) is 0 Å². The predicted molar refractivity (Wildman–Crippen MR) is 324 cm³/mol. The SMILES string of the molecule is CCCCc1ccc(N2c3ccc(C)cc3C(c3ccccc3)(c3ccccc3)c3cc4c(cc32)C(C)(C)c2cc3c(cc2-4)C(c2ccccc2)(c2ccccc2)c2cc(C)ccc2N3c2ccc(CCCC)cc2)cc1. The van der Waals surface area contributed by atoms with Gasteiger partial charge in [-0.15, -0.1) is 0 Å². The quantitative estimate of drug-likeness (QED) is 0.120. The van der Waals surface area contributed by atoms with Crippen LogP contribution in [0.2, 0.25) is 0 Å². The van der Waals surface area contributed by atoms with Crippen molar-refractivity contribution in [2.45, 2.75) is 96.3 Å². The fourth-order valence-electron chi connectivity index (χ4n) is 13.9. The summed E-state index contributed by atoms with van der Waals surface area (Å²) in [7, 11) is 0. The first-order chi connectivity index (χ1) is 37.7. The molecule has 2 aliphatic heterocycles. The summed E-state index contributed by atoms with van der Waals surface area (Å²) in [5, 5.41) is 0. The Bertz CT molecular complexity index is 3470. The molecule has 77 heavy (non-hydrogen) atoms. The minimum absolute atomic E-state index is 0.370. The molecule has 0 N–H and O–H groups in total. The Kier molecular flexibility index (Phi) is 12.0. The van der Waals surface area contributed by atoms with Crippen molar-refractivity contribution in [3.05, 3.63) is 308 Å². The summed E-state index contributed by atoms with van der Waals surface area (Å²) in [4.78, 5) is 5.17. The molecule has 0 amide bonds. The molecule has 0 unspecified atom stereocenters. The van der Waals surface area contributed by atoms with Crippen molar-refractivity contribution in [3.8, 4) is 11.1 Å². The maximum atomic E-state index is 2.64. The zero-order valence-electron chi connectivity index (χ0n) is 45.6. The molecular formula is C75H68N2. The van der Waals surface area contributed by atoms with Crippen LogP contribution in [0.4, 0.5) is 34.1 Å². The number of hydrogen-bond acceptors (Lipinski definition) is 2. The van der Waals surface area contributed by atoms with E-state index in [1.165, 1.54) is 149 Å². The summed E-state index contributed by atoms with van der Waals surface area (Å²) in [6, 6.07) is 89.1. The van der Waals surface area contributed by atoms with Gasteiger partial charge >= 0.3 is 0 Å². The Hall–Kier alpha value is -8.20. The fraction of sp³-hybridized carbons (Fsp3) is 0.200. The number of rotatable bonds is 12. The van der Waals surface area contributed by atoms with Crippen molar-refractivity contribution in [1.29, 1.82) is 0 Å². The standard InChI is InChI=1S/C75H68N2/c1-7-9-23-53-35-39-59(40-36-53)76-69-43-33-51(3)45-65(69)74(55-25-15-11-16-26-55,56-27-17-12-18-28-56)67-47-61-62-48-68-72(50-64(62)73(5,6)63(61)49-71(67)76)77(60-41-37-54(38-42-60)24-10-8-2)70-44-34-52(4)46-66(70)75(68,57-29-19-13-20-30-57)58-31-21-14-22-32-58/h11-22,25-50H,7-10,23-24H2,1-6H3. The van der Waals surface area contributed by atoms with E-state index in [0.717, 1.165) is 12.8 Å². The molecule has 0 spiro atoms. The van der Waals surface area contributed by atoms with Crippen molar-refractivity contribution >= 4 is 34.1 Å². The van der Waals surface area contributed by atoms with Crippen molar-refractivity contribution in [2.24, 2.45) is 0 Å². The van der Waals surface area contributed by atoms with E-state index in [0.29, 0.717) is 0 Å². The van der Waals surface area contributed by atoms with Crippen molar-refractivity contribution < 1.29 is 0 Å². The first-order valence-corrected chi connectivity index (χ1v) is 28.3. The number of aryl methyl sites for hydroxylation is 4. The van der Waals surface area contributed by atoms with Gasteiger partial charge in [0, 0.05) is 16.8 Å². The zero-order valence-corrected chi connectivity index (χ0v) is 45.6. The van der Waals surface area contributed by atoms with Gasteiger partial charge < -0.3 is 9.80 Å². The molecule has 13 rings (SSSR count). The number of benzene rings is 10. The lowest BCUT2D eigenvalue weighted by atomic mass is 9.61. The molecule has 2 heteroatoms. The van der Waals surface area contributed by atoms with Gasteiger partial charge in [0.05, 0.1) is 33.6 Å². The molecule has 2 heterocycles. The number of anilines is 6. The van der Waals surface area contributed by atoms with Gasteiger partial charge in [-0.3, -0.25) is 0 Å². The van der Waals surface area contributed by atoms with Crippen LogP contribution >= 0.6 is 0 Å². The number of hydrogen-bond donors (Lipinski definition) is 0. The van der Waals surface area contributed by atoms with Gasteiger partial charge in [0.2, 0.25) is 0 Å². The number of fused-ring (bicyclic) bond motifs is 7. The lowest BCUT2D eigenvalue weighted by molar-refractivity contribution is 0.656. The van der Waals surface area contributed by atoms with E-state index in [2.05, 4.69) is 282 Å². The molecule has 378 valence electrons. The molecule has 10 aromatic carbocycles. The van der Waals surface area contributed by atoms with Crippen LogP contribution in [0.3, 0.4) is 0 Å². The third-order valence-electron chi connectivity index (χ3n) is 17.6. The van der Waals surface area contributed by atoms with Gasteiger partial charge in [-0.05, 0) is 178 Å². The van der Waals surface area contributed by atoms with Gasteiger partial charge in [-0.1, -0.05) is 222 Å². The predicted octanol–water partition coefficient (Wildman–Crippen LogP) is 19.6. The number of unbranched alkanes of at least 4 members (excludes halogenated alkanes) is 2. The van der Waals surface area contributed by atoms with Crippen LogP contribution in [0.1, 0.15) is 131 Å². The van der Waals surface area contributed by atoms with Crippen LogP contribution in [0.15, 0.2) is 231 Å². The highest BCUT2D eigenvalue weighted by Gasteiger charge is 2.52. The normalized spacial score (nSPS) is 14.9. The molecule has 0 aromatic heterocycles. The highest BCUT2D eigenvalue weighted by molar-refractivity contribution is 5.97. The monoisotopic (exact) mass is 997 g/mol. The van der Waals surface area contributed by atoms with Crippen LogP contribution in [-0.2, 0) is 29.1 Å². The molecule has 0 saturated heterocycles. The van der Waals surface area contributed by atoms with Crippen LogP contribution in [0, 0.1) is 13.8 Å². The van der Waals surface area contributed by atoms with E-state index in [9.17, 15) is 0 Å². The molecular weight excluding hydrogens is 929 g/mol. The molecule has 3 aliphatic rings. The van der Waals surface area contributed by atoms with E-state index < -0.39 is 10.8 Å². The van der Waals surface area contributed by atoms with Crippen molar-refractivity contribution in [3.63, 3.8) is 0 Å². The van der Waals surface area contributed by atoms with E-state index in [4.69, 9.17) is 0 Å². The maximum Gasteiger partial charge on any atom is 0.0742 e. The number of nitrogens with zero attached hydrogens (tertiary/aromatic N) is 2. The van der Waals surface area contributed by atoms with Gasteiger partial charge in [0.15, 0.2) is 0 Å². The molecule has 0 bridgehead atoms. The van der Waals surface area contributed by atoms with Gasteiger partial charge in [-0.25, -0.2) is 0 Å². The van der Waals surface area contributed by atoms with Gasteiger partial charge in [-0.2, -0.15) is 0 Å². The average molecular weight is 997 g/mol. The largest absolute Gasteiger partial charge is 0.310 e. The Morgan fingerprint density at radius 3 is 0.974 bits per heavy atom. The van der Waals surface area contributed by atoms with Crippen molar-refractivity contribution in [1.82, 2.24) is 0 Å². The summed E-state index contributed by atoms with van der Waals surface area (Å²) < 4.78 is 0. The smallest absolute Gasteiger partial charge is 0.0742 e. The van der Waals surface area contributed by atoms with E-state index >= 15 is 0 Å².